The van der Waals surface area contributed by atoms with Gasteiger partial charge in [0, 0.05) is 6.04 Å². The lowest BCUT2D eigenvalue weighted by molar-refractivity contribution is -0.143. The van der Waals surface area contributed by atoms with Crippen molar-refractivity contribution in [3.63, 3.8) is 0 Å². The van der Waals surface area contributed by atoms with Crippen molar-refractivity contribution in [1.29, 1.82) is 0 Å². The Balaban J connectivity index is 1.93. The molecule has 1 fully saturated rings. The topological polar surface area (TPSA) is 46.9 Å². The Morgan fingerprint density at radius 1 is 1.19 bits per heavy atom. The molecule has 27 heavy (non-hydrogen) atoms. The van der Waals surface area contributed by atoms with E-state index in [1.165, 1.54) is 12.1 Å². The number of nitrogens with one attached hydrogen (secondary N) is 1. The monoisotopic (exact) mass is 383 g/mol. The van der Waals surface area contributed by atoms with Gasteiger partial charge in [-0.3, -0.25) is 4.79 Å². The van der Waals surface area contributed by atoms with Crippen LogP contribution in [0.15, 0.2) is 30.5 Å². The Kier molecular flexibility index (Phi) is 5.26. The molecule has 0 saturated heterocycles. The lowest BCUT2D eigenvalue weighted by Gasteiger charge is -2.34. The highest BCUT2D eigenvalue weighted by Gasteiger charge is 2.41. The standard InChI is InChI=1S/C19H21F4N3O/c1-11-4-3-5-16(12(11)2)25-18(27)15-10-24-26(17(15)19(21,22)23)14-8-6-13(20)7-9-14/h6-12,16H,3-5H2,1-2H3,(H,25,27). The van der Waals surface area contributed by atoms with Crippen LogP contribution in [-0.4, -0.2) is 21.7 Å². The number of alkyl halides is 3. The zero-order valence-corrected chi connectivity index (χ0v) is 15.1. The second-order valence-corrected chi connectivity index (χ2v) is 7.14. The molecule has 0 bridgehead atoms. The van der Waals surface area contributed by atoms with Crippen molar-refractivity contribution in [2.24, 2.45) is 11.8 Å². The molecule has 1 aromatic heterocycles. The summed E-state index contributed by atoms with van der Waals surface area (Å²) in [6.07, 6.45) is -1.16. The second kappa shape index (κ2) is 7.32. The van der Waals surface area contributed by atoms with Gasteiger partial charge in [-0.15, -0.1) is 0 Å². The van der Waals surface area contributed by atoms with E-state index < -0.39 is 29.2 Å². The highest BCUT2D eigenvalue weighted by Crippen LogP contribution is 2.34. The largest absolute Gasteiger partial charge is 0.434 e. The molecular formula is C19H21F4N3O. The number of benzene rings is 1. The molecule has 1 saturated carbocycles. The first kappa shape index (κ1) is 19.4. The predicted molar refractivity (Wildman–Crippen MR) is 92.0 cm³/mol. The van der Waals surface area contributed by atoms with Crippen molar-refractivity contribution in [3.8, 4) is 5.69 Å². The van der Waals surface area contributed by atoms with Gasteiger partial charge in [0.1, 0.15) is 5.82 Å². The normalized spacial score (nSPS) is 23.3. The fourth-order valence-electron chi connectivity index (χ4n) is 3.60. The van der Waals surface area contributed by atoms with E-state index in [4.69, 9.17) is 0 Å². The summed E-state index contributed by atoms with van der Waals surface area (Å²) < 4.78 is 54.7. The van der Waals surface area contributed by atoms with Crippen LogP contribution in [0.4, 0.5) is 17.6 Å². The van der Waals surface area contributed by atoms with Crippen LogP contribution in [-0.2, 0) is 6.18 Å². The Morgan fingerprint density at radius 3 is 2.48 bits per heavy atom. The van der Waals surface area contributed by atoms with Crippen LogP contribution in [0.1, 0.15) is 49.2 Å². The number of hydrogen-bond acceptors (Lipinski definition) is 2. The third kappa shape index (κ3) is 3.99. The molecule has 8 heteroatoms. The molecule has 3 unspecified atom stereocenters. The Hall–Kier alpha value is -2.38. The molecular weight excluding hydrogens is 362 g/mol. The maximum absolute atomic E-state index is 13.7. The minimum absolute atomic E-state index is 0.0300. The Bertz CT molecular complexity index is 813. The molecule has 0 aliphatic heterocycles. The lowest BCUT2D eigenvalue weighted by Crippen LogP contribution is -2.44. The van der Waals surface area contributed by atoms with Crippen LogP contribution in [0, 0.1) is 17.7 Å². The van der Waals surface area contributed by atoms with Crippen molar-refractivity contribution < 1.29 is 22.4 Å². The van der Waals surface area contributed by atoms with Gasteiger partial charge < -0.3 is 5.32 Å². The third-order valence-electron chi connectivity index (χ3n) is 5.38. The summed E-state index contributed by atoms with van der Waals surface area (Å²) in [5, 5.41) is 6.49. The summed E-state index contributed by atoms with van der Waals surface area (Å²) >= 11 is 0. The molecule has 3 atom stereocenters. The molecule has 1 N–H and O–H groups in total. The number of amides is 1. The summed E-state index contributed by atoms with van der Waals surface area (Å²) in [5.74, 6) is -0.781. The van der Waals surface area contributed by atoms with Gasteiger partial charge in [0.2, 0.25) is 0 Å². The average molecular weight is 383 g/mol. The van der Waals surface area contributed by atoms with E-state index in [2.05, 4.69) is 17.3 Å². The van der Waals surface area contributed by atoms with Crippen LogP contribution in [0.2, 0.25) is 0 Å². The summed E-state index contributed by atoms with van der Waals surface area (Å²) in [6.45, 7) is 4.08. The fraction of sp³-hybridized carbons (Fsp3) is 0.474. The number of carbonyl (C=O) groups is 1. The van der Waals surface area contributed by atoms with E-state index in [1.54, 1.807) is 0 Å². The number of nitrogens with zero attached hydrogens (tertiary/aromatic N) is 2. The van der Waals surface area contributed by atoms with Gasteiger partial charge in [-0.25, -0.2) is 9.07 Å². The van der Waals surface area contributed by atoms with E-state index in [-0.39, 0.29) is 17.6 Å². The minimum Gasteiger partial charge on any atom is -0.349 e. The fourth-order valence-corrected chi connectivity index (χ4v) is 3.60. The summed E-state index contributed by atoms with van der Waals surface area (Å²) in [6, 6.07) is 4.29. The van der Waals surface area contributed by atoms with Gasteiger partial charge >= 0.3 is 6.18 Å². The molecule has 1 aliphatic rings. The van der Waals surface area contributed by atoms with E-state index >= 15 is 0 Å². The minimum atomic E-state index is -4.79. The second-order valence-electron chi connectivity index (χ2n) is 7.14. The van der Waals surface area contributed by atoms with Gasteiger partial charge in [0.05, 0.1) is 17.4 Å². The summed E-state index contributed by atoms with van der Waals surface area (Å²) in [4.78, 5) is 12.6. The lowest BCUT2D eigenvalue weighted by atomic mass is 9.78. The number of halogens is 4. The number of rotatable bonds is 3. The molecule has 0 radical (unpaired) electrons. The van der Waals surface area contributed by atoms with Gasteiger partial charge in [-0.1, -0.05) is 26.7 Å². The molecule has 2 aromatic rings. The Morgan fingerprint density at radius 2 is 1.85 bits per heavy atom. The number of hydrogen-bond donors (Lipinski definition) is 1. The van der Waals surface area contributed by atoms with Crippen molar-refractivity contribution in [3.05, 3.63) is 47.5 Å². The van der Waals surface area contributed by atoms with Gasteiger partial charge in [-0.2, -0.15) is 18.3 Å². The molecule has 3 rings (SSSR count). The highest BCUT2D eigenvalue weighted by molar-refractivity contribution is 5.95. The van der Waals surface area contributed by atoms with Crippen LogP contribution in [0.5, 0.6) is 0 Å². The molecule has 1 heterocycles. The van der Waals surface area contributed by atoms with Gasteiger partial charge in [0.15, 0.2) is 5.69 Å². The number of aromatic nitrogens is 2. The van der Waals surface area contributed by atoms with Crippen LogP contribution >= 0.6 is 0 Å². The van der Waals surface area contributed by atoms with Crippen LogP contribution in [0.3, 0.4) is 0 Å². The highest BCUT2D eigenvalue weighted by atomic mass is 19.4. The van der Waals surface area contributed by atoms with Crippen molar-refractivity contribution in [2.45, 2.75) is 45.3 Å². The summed E-state index contributed by atoms with van der Waals surface area (Å²) in [7, 11) is 0. The van der Waals surface area contributed by atoms with E-state index in [9.17, 15) is 22.4 Å². The van der Waals surface area contributed by atoms with E-state index in [0.29, 0.717) is 10.6 Å². The molecule has 1 aromatic carbocycles. The molecule has 1 aliphatic carbocycles. The molecule has 1 amide bonds. The first-order valence-electron chi connectivity index (χ1n) is 8.90. The maximum atomic E-state index is 13.7. The summed E-state index contributed by atoms with van der Waals surface area (Å²) in [5.41, 5.74) is -1.66. The van der Waals surface area contributed by atoms with E-state index in [0.717, 1.165) is 37.6 Å². The zero-order chi connectivity index (χ0) is 19.8. The Labute approximate surface area is 154 Å². The predicted octanol–water partition coefficient (Wildman–Crippen LogP) is 4.58. The first-order valence-corrected chi connectivity index (χ1v) is 8.90. The quantitative estimate of drug-likeness (QED) is 0.789. The van der Waals surface area contributed by atoms with Crippen molar-refractivity contribution in [2.75, 3.05) is 0 Å². The van der Waals surface area contributed by atoms with Gasteiger partial charge in [-0.05, 0) is 42.5 Å². The first-order chi connectivity index (χ1) is 12.7. The van der Waals surface area contributed by atoms with Gasteiger partial charge in [0.25, 0.3) is 5.91 Å². The van der Waals surface area contributed by atoms with Crippen molar-refractivity contribution in [1.82, 2.24) is 15.1 Å². The molecule has 4 nitrogen and oxygen atoms in total. The number of carbonyl (C=O) groups excluding carboxylic acids is 1. The van der Waals surface area contributed by atoms with Crippen LogP contribution < -0.4 is 5.32 Å². The average Bonchev–Trinajstić information content (AvgIpc) is 3.05. The SMILES string of the molecule is CC1CCCC(NC(=O)c2cnn(-c3ccc(F)cc3)c2C(F)(F)F)C1C. The third-order valence-corrected chi connectivity index (χ3v) is 5.38. The smallest absolute Gasteiger partial charge is 0.349 e. The van der Waals surface area contributed by atoms with Crippen molar-refractivity contribution >= 4 is 5.91 Å². The maximum Gasteiger partial charge on any atom is 0.434 e. The molecule has 0 spiro atoms. The van der Waals surface area contributed by atoms with E-state index in [1.807, 2.05) is 6.92 Å². The molecule has 146 valence electrons. The zero-order valence-electron chi connectivity index (χ0n) is 15.1. The van der Waals surface area contributed by atoms with Crippen LogP contribution in [0.25, 0.3) is 5.69 Å².